The van der Waals surface area contributed by atoms with Gasteiger partial charge >= 0.3 is 5.97 Å². The number of carbonyl (C=O) groups is 2. The van der Waals surface area contributed by atoms with Crippen molar-refractivity contribution in [3.63, 3.8) is 0 Å². The molecule has 0 saturated heterocycles. The van der Waals surface area contributed by atoms with Gasteiger partial charge in [-0.2, -0.15) is 11.8 Å². The molecule has 150 valence electrons. The molecule has 1 saturated carbocycles. The molecule has 0 bridgehead atoms. The van der Waals surface area contributed by atoms with Gasteiger partial charge < -0.3 is 20.1 Å². The number of thioether (sulfide) groups is 2. The Morgan fingerprint density at radius 1 is 1.35 bits per heavy atom. The third-order valence-electron chi connectivity index (χ3n) is 4.13. The van der Waals surface area contributed by atoms with Crippen LogP contribution in [0.1, 0.15) is 32.1 Å². The van der Waals surface area contributed by atoms with E-state index in [1.54, 1.807) is 19.3 Å². The molecule has 3 N–H and O–H groups in total. The van der Waals surface area contributed by atoms with E-state index >= 15 is 0 Å². The number of ketones is 1. The second kappa shape index (κ2) is 13.6. The van der Waals surface area contributed by atoms with E-state index in [1.165, 1.54) is 23.5 Å². The van der Waals surface area contributed by atoms with Crippen LogP contribution in [0.25, 0.3) is 0 Å². The number of carbonyl (C=O) groups excluding carboxylic acids is 1. The van der Waals surface area contributed by atoms with Gasteiger partial charge in [-0.15, -0.1) is 11.8 Å². The average Bonchev–Trinajstić information content (AvgIpc) is 2.85. The van der Waals surface area contributed by atoms with Crippen LogP contribution in [-0.2, 0) is 14.3 Å². The van der Waals surface area contributed by atoms with Crippen molar-refractivity contribution in [2.75, 3.05) is 31.0 Å². The van der Waals surface area contributed by atoms with Crippen molar-refractivity contribution in [3.05, 3.63) is 12.2 Å². The van der Waals surface area contributed by atoms with E-state index < -0.39 is 18.2 Å². The summed E-state index contributed by atoms with van der Waals surface area (Å²) in [5.74, 6) is 0.545. The lowest BCUT2D eigenvalue weighted by atomic mass is 10.0. The highest BCUT2D eigenvalue weighted by molar-refractivity contribution is 8.01. The highest BCUT2D eigenvalue weighted by atomic mass is 32.2. The summed E-state index contributed by atoms with van der Waals surface area (Å²) in [5, 5.41) is 28.5. The van der Waals surface area contributed by atoms with Gasteiger partial charge in [-0.05, 0) is 37.2 Å². The molecule has 6 nitrogen and oxygen atoms in total. The van der Waals surface area contributed by atoms with Crippen LogP contribution in [0.2, 0.25) is 0 Å². The summed E-state index contributed by atoms with van der Waals surface area (Å²) in [6.45, 7) is 0.676. The third-order valence-corrected chi connectivity index (χ3v) is 6.62. The number of aliphatic hydroxyl groups is 2. The first-order valence-electron chi connectivity index (χ1n) is 8.93. The second-order valence-electron chi connectivity index (χ2n) is 6.35. The molecule has 0 spiro atoms. The van der Waals surface area contributed by atoms with Crippen LogP contribution < -0.4 is 0 Å². The smallest absolute Gasteiger partial charge is 0.313 e. The van der Waals surface area contributed by atoms with E-state index in [2.05, 4.69) is 0 Å². The predicted molar refractivity (Wildman–Crippen MR) is 106 cm³/mol. The first kappa shape index (κ1) is 23.5. The van der Waals surface area contributed by atoms with Crippen LogP contribution in [0.4, 0.5) is 0 Å². The Labute approximate surface area is 163 Å². The fourth-order valence-electron chi connectivity index (χ4n) is 2.79. The minimum Gasteiger partial charge on any atom is -0.481 e. The van der Waals surface area contributed by atoms with Gasteiger partial charge in [0.1, 0.15) is 5.78 Å². The Bertz CT molecular complexity index is 457. The number of Topliss-reactive ketones (excluding diaryl/α,β-unsaturated/α-hetero) is 1. The lowest BCUT2D eigenvalue weighted by Gasteiger charge is -2.17. The highest BCUT2D eigenvalue weighted by Crippen LogP contribution is 2.34. The van der Waals surface area contributed by atoms with Crippen molar-refractivity contribution >= 4 is 35.3 Å². The summed E-state index contributed by atoms with van der Waals surface area (Å²) in [4.78, 5) is 22.6. The number of carboxylic acids is 1. The van der Waals surface area contributed by atoms with E-state index in [1.807, 2.05) is 0 Å². The zero-order chi connectivity index (χ0) is 19.4. The summed E-state index contributed by atoms with van der Waals surface area (Å²) in [6.07, 6.45) is 5.57. The normalized spacial score (nSPS) is 24.4. The van der Waals surface area contributed by atoms with Crippen molar-refractivity contribution < 1.29 is 29.6 Å². The molecule has 1 rings (SSSR count). The predicted octanol–water partition coefficient (Wildman–Crippen LogP) is 1.98. The highest BCUT2D eigenvalue weighted by Gasteiger charge is 2.40. The monoisotopic (exact) mass is 406 g/mol. The van der Waals surface area contributed by atoms with Crippen molar-refractivity contribution in [1.29, 1.82) is 0 Å². The molecular formula is C18H30O6S2. The van der Waals surface area contributed by atoms with Crippen molar-refractivity contribution in [2.24, 2.45) is 5.92 Å². The van der Waals surface area contributed by atoms with Crippen LogP contribution in [0.5, 0.6) is 0 Å². The van der Waals surface area contributed by atoms with E-state index in [-0.39, 0.29) is 29.1 Å². The van der Waals surface area contributed by atoms with Gasteiger partial charge in [0.15, 0.2) is 0 Å². The molecule has 0 heterocycles. The van der Waals surface area contributed by atoms with E-state index in [9.17, 15) is 19.8 Å². The largest absolute Gasteiger partial charge is 0.481 e. The Kier molecular flexibility index (Phi) is 12.3. The summed E-state index contributed by atoms with van der Waals surface area (Å²) in [6, 6.07) is 0. The maximum Gasteiger partial charge on any atom is 0.313 e. The van der Waals surface area contributed by atoms with Gasteiger partial charge in [-0.3, -0.25) is 9.59 Å². The van der Waals surface area contributed by atoms with Crippen molar-refractivity contribution in [1.82, 2.24) is 0 Å². The molecule has 0 aromatic carbocycles. The number of aliphatic carboxylic acids is 1. The number of carboxylic acid groups (broad SMARTS) is 1. The molecule has 0 aromatic rings. The quantitative estimate of drug-likeness (QED) is 0.297. The number of rotatable bonds is 14. The Hall–Kier alpha value is -0.540. The minimum atomic E-state index is -0.817. The number of hydrogen-bond donors (Lipinski definition) is 3. The third kappa shape index (κ3) is 9.41. The summed E-state index contributed by atoms with van der Waals surface area (Å²) in [7, 11) is 1.65. The molecule has 4 atom stereocenters. The molecule has 1 unspecified atom stereocenters. The maximum atomic E-state index is 12.1. The second-order valence-corrected chi connectivity index (χ2v) is 8.70. The number of hydrogen-bond acceptors (Lipinski definition) is 7. The van der Waals surface area contributed by atoms with E-state index in [4.69, 9.17) is 9.84 Å². The molecule has 1 aliphatic rings. The molecule has 0 aromatic heterocycles. The van der Waals surface area contributed by atoms with Gasteiger partial charge in [-0.1, -0.05) is 12.2 Å². The van der Waals surface area contributed by atoms with Crippen molar-refractivity contribution in [2.45, 2.75) is 49.6 Å². The number of ether oxygens (including phenoxy) is 1. The van der Waals surface area contributed by atoms with Gasteiger partial charge in [-0.25, -0.2) is 0 Å². The summed E-state index contributed by atoms with van der Waals surface area (Å²) >= 11 is 2.89. The van der Waals surface area contributed by atoms with Gasteiger partial charge in [0.05, 0.1) is 23.2 Å². The lowest BCUT2D eigenvalue weighted by molar-refractivity contribution is -0.133. The lowest BCUT2D eigenvalue weighted by Crippen LogP contribution is -2.22. The first-order valence-corrected chi connectivity index (χ1v) is 11.1. The standard InChI is InChI=1S/C18H30O6S2/c1-24-8-3-2-5-13(19)6-7-14-15(20)11-16(21)18(14)26-10-4-9-25-12-17(22)23/h6-7,13-15,18-20H,2-5,8-12H2,1H3,(H,22,23)/t13?,14-,15+,18+/m0/s1. The van der Waals surface area contributed by atoms with Crippen LogP contribution in [0, 0.1) is 5.92 Å². The number of aliphatic hydroxyl groups excluding tert-OH is 2. The van der Waals surface area contributed by atoms with Crippen LogP contribution in [0.3, 0.4) is 0 Å². The SMILES string of the molecule is COCCCCC(O)C=C[C@H]1[C@H](O)CC(=O)[C@@H]1SCCCSCC(=O)O. The average molecular weight is 407 g/mol. The Balaban J connectivity index is 2.37. The number of unbranched alkanes of at least 4 members (excludes halogenated alkanes) is 1. The van der Waals surface area contributed by atoms with Crippen molar-refractivity contribution in [3.8, 4) is 0 Å². The van der Waals surface area contributed by atoms with E-state index in [0.29, 0.717) is 13.0 Å². The van der Waals surface area contributed by atoms with Gasteiger partial charge in [0.25, 0.3) is 0 Å². The Morgan fingerprint density at radius 2 is 2.12 bits per heavy atom. The summed E-state index contributed by atoms with van der Waals surface area (Å²) in [5.41, 5.74) is 0. The molecule has 1 fully saturated rings. The molecule has 26 heavy (non-hydrogen) atoms. The minimum absolute atomic E-state index is 0.0462. The van der Waals surface area contributed by atoms with Crippen LogP contribution >= 0.6 is 23.5 Å². The topological polar surface area (TPSA) is 104 Å². The van der Waals surface area contributed by atoms with Gasteiger partial charge in [0, 0.05) is 26.1 Å². The fraction of sp³-hybridized carbons (Fsp3) is 0.778. The molecule has 1 aliphatic carbocycles. The zero-order valence-electron chi connectivity index (χ0n) is 15.2. The van der Waals surface area contributed by atoms with Gasteiger partial charge in [0.2, 0.25) is 0 Å². The molecular weight excluding hydrogens is 376 g/mol. The maximum absolute atomic E-state index is 12.1. The van der Waals surface area contributed by atoms with Crippen LogP contribution in [-0.4, -0.2) is 75.5 Å². The molecule has 8 heteroatoms. The number of methoxy groups -OCH3 is 1. The molecule has 0 radical (unpaired) electrons. The fourth-order valence-corrected chi connectivity index (χ4v) is 4.98. The van der Waals surface area contributed by atoms with Crippen LogP contribution in [0.15, 0.2) is 12.2 Å². The Morgan fingerprint density at radius 3 is 2.81 bits per heavy atom. The summed E-state index contributed by atoms with van der Waals surface area (Å²) < 4.78 is 4.97. The zero-order valence-corrected chi connectivity index (χ0v) is 16.8. The van der Waals surface area contributed by atoms with E-state index in [0.717, 1.165) is 30.8 Å². The first-order chi connectivity index (χ1) is 12.5. The molecule has 0 aliphatic heterocycles. The molecule has 0 amide bonds.